The first kappa shape index (κ1) is 25.2. The number of methoxy groups -OCH3 is 1. The molecule has 0 saturated heterocycles. The van der Waals surface area contributed by atoms with E-state index in [1.165, 1.54) is 19.4 Å². The third kappa shape index (κ3) is 5.72. The Labute approximate surface area is 201 Å². The van der Waals surface area contributed by atoms with E-state index in [1.54, 1.807) is 31.3 Å². The van der Waals surface area contributed by atoms with Gasteiger partial charge in [0, 0.05) is 18.8 Å². The molecular formula is C25H30N4O4S. The van der Waals surface area contributed by atoms with Crippen LogP contribution < -0.4 is 14.4 Å². The maximum absolute atomic E-state index is 13.8. The predicted molar refractivity (Wildman–Crippen MR) is 131 cm³/mol. The average Bonchev–Trinajstić information content (AvgIpc) is 2.86. The van der Waals surface area contributed by atoms with E-state index in [2.05, 4.69) is 15.3 Å². The summed E-state index contributed by atoms with van der Waals surface area (Å²) in [6.45, 7) is 6.06. The van der Waals surface area contributed by atoms with Crippen molar-refractivity contribution >= 4 is 21.6 Å². The topological polar surface area (TPSA) is 101 Å². The van der Waals surface area contributed by atoms with Gasteiger partial charge in [-0.3, -0.25) is 9.10 Å². The summed E-state index contributed by atoms with van der Waals surface area (Å²) in [7, 11) is -2.70. The van der Waals surface area contributed by atoms with Crippen molar-refractivity contribution in [3.63, 3.8) is 0 Å². The summed E-state index contributed by atoms with van der Waals surface area (Å²) in [4.78, 5) is 21.6. The third-order valence-electron chi connectivity index (χ3n) is 5.42. The number of anilines is 1. The normalized spacial score (nSPS) is 12.3. The molecule has 1 atom stereocenters. The molecule has 34 heavy (non-hydrogen) atoms. The molecule has 3 rings (SSSR count). The Balaban J connectivity index is 1.99. The van der Waals surface area contributed by atoms with Crippen LogP contribution in [-0.4, -0.2) is 37.4 Å². The molecule has 0 aliphatic carbocycles. The number of hydrogen-bond acceptors (Lipinski definition) is 6. The lowest BCUT2D eigenvalue weighted by Crippen LogP contribution is -2.49. The molecule has 1 aromatic carbocycles. The Morgan fingerprint density at radius 1 is 1.03 bits per heavy atom. The number of carbonyl (C=O) groups is 1. The number of sulfonamides is 1. The molecule has 2 heterocycles. The van der Waals surface area contributed by atoms with Crippen LogP contribution in [0.1, 0.15) is 44.2 Å². The number of ether oxygens (including phenoxy) is 1. The van der Waals surface area contributed by atoms with E-state index in [1.807, 2.05) is 44.2 Å². The van der Waals surface area contributed by atoms with Crippen molar-refractivity contribution in [1.82, 2.24) is 15.3 Å². The summed E-state index contributed by atoms with van der Waals surface area (Å²) in [5.41, 5.74) is 2.08. The third-order valence-corrected chi connectivity index (χ3v) is 7.17. The Hall–Kier alpha value is -3.46. The van der Waals surface area contributed by atoms with E-state index >= 15 is 0 Å². The van der Waals surface area contributed by atoms with E-state index in [4.69, 9.17) is 4.74 Å². The second kappa shape index (κ2) is 11.1. The molecule has 9 heteroatoms. The SMILES string of the molecule is CCC(C(=O)NCc1ccccc1)N(c1ccc(OC)nc1)S(=O)(=O)c1ccc(C(C)C)cn1. The lowest BCUT2D eigenvalue weighted by atomic mass is 10.1. The van der Waals surface area contributed by atoms with Crippen molar-refractivity contribution in [2.24, 2.45) is 0 Å². The summed E-state index contributed by atoms with van der Waals surface area (Å²) in [6.07, 6.45) is 3.18. The molecule has 0 radical (unpaired) electrons. The standard InChI is InChI=1S/C25H30N4O4S/c1-5-22(25(30)28-15-19-9-7-6-8-10-19)29(21-12-13-23(33-4)26-17-21)34(31,32)24-14-11-20(16-27-24)18(2)3/h6-14,16-18,22H,5,15H2,1-4H3,(H,28,30). The van der Waals surface area contributed by atoms with Crippen molar-refractivity contribution < 1.29 is 17.9 Å². The summed E-state index contributed by atoms with van der Waals surface area (Å²) in [6, 6.07) is 14.8. The van der Waals surface area contributed by atoms with Crippen LogP contribution in [0, 0.1) is 0 Å². The Morgan fingerprint density at radius 2 is 1.76 bits per heavy atom. The largest absolute Gasteiger partial charge is 0.481 e. The van der Waals surface area contributed by atoms with Crippen molar-refractivity contribution in [2.75, 3.05) is 11.4 Å². The molecule has 2 aromatic heterocycles. The maximum Gasteiger partial charge on any atom is 0.282 e. The second-order valence-corrected chi connectivity index (χ2v) is 9.83. The van der Waals surface area contributed by atoms with E-state index in [9.17, 15) is 13.2 Å². The van der Waals surface area contributed by atoms with Gasteiger partial charge in [0.15, 0.2) is 5.03 Å². The van der Waals surface area contributed by atoms with Gasteiger partial charge in [0.25, 0.3) is 10.0 Å². The summed E-state index contributed by atoms with van der Waals surface area (Å²) < 4.78 is 33.7. The Kier molecular flexibility index (Phi) is 8.22. The van der Waals surface area contributed by atoms with E-state index < -0.39 is 22.0 Å². The summed E-state index contributed by atoms with van der Waals surface area (Å²) in [5.74, 6) is 0.130. The van der Waals surface area contributed by atoms with Crippen LogP contribution in [-0.2, 0) is 21.4 Å². The van der Waals surface area contributed by atoms with Crippen molar-refractivity contribution in [3.8, 4) is 5.88 Å². The molecular weight excluding hydrogens is 452 g/mol. The first-order chi connectivity index (χ1) is 16.3. The molecule has 0 saturated carbocycles. The van der Waals surface area contributed by atoms with Gasteiger partial charge in [-0.05, 0) is 35.6 Å². The zero-order valence-electron chi connectivity index (χ0n) is 19.8. The minimum atomic E-state index is -4.17. The molecule has 0 aliphatic rings. The fourth-order valence-corrected chi connectivity index (χ4v) is 5.05. The number of hydrogen-bond donors (Lipinski definition) is 1. The highest BCUT2D eigenvalue weighted by molar-refractivity contribution is 7.92. The van der Waals surface area contributed by atoms with Crippen LogP contribution in [0.5, 0.6) is 5.88 Å². The highest BCUT2D eigenvalue weighted by atomic mass is 32.2. The second-order valence-electron chi connectivity index (χ2n) is 8.07. The van der Waals surface area contributed by atoms with Crippen LogP contribution in [0.2, 0.25) is 0 Å². The molecule has 0 aliphatic heterocycles. The maximum atomic E-state index is 13.8. The van der Waals surface area contributed by atoms with E-state index in [0.717, 1.165) is 15.4 Å². The first-order valence-electron chi connectivity index (χ1n) is 11.1. The quantitative estimate of drug-likeness (QED) is 0.470. The molecule has 180 valence electrons. The molecule has 0 spiro atoms. The van der Waals surface area contributed by atoms with E-state index in [-0.39, 0.29) is 29.6 Å². The van der Waals surface area contributed by atoms with Crippen LogP contribution in [0.15, 0.2) is 72.0 Å². The molecule has 3 aromatic rings. The monoisotopic (exact) mass is 482 g/mol. The highest BCUT2D eigenvalue weighted by Crippen LogP contribution is 2.28. The van der Waals surface area contributed by atoms with Gasteiger partial charge in [0.1, 0.15) is 6.04 Å². The van der Waals surface area contributed by atoms with Gasteiger partial charge < -0.3 is 10.1 Å². The fourth-order valence-electron chi connectivity index (χ4n) is 3.46. The van der Waals surface area contributed by atoms with Crippen molar-refractivity contribution in [2.45, 2.75) is 50.7 Å². The fraction of sp³-hybridized carbons (Fsp3) is 0.320. The minimum absolute atomic E-state index is 0.137. The summed E-state index contributed by atoms with van der Waals surface area (Å²) >= 11 is 0. The van der Waals surface area contributed by atoms with Crippen LogP contribution in [0.3, 0.4) is 0 Å². The van der Waals surface area contributed by atoms with Gasteiger partial charge in [-0.25, -0.2) is 9.97 Å². The number of carbonyl (C=O) groups excluding carboxylic acids is 1. The number of aromatic nitrogens is 2. The molecule has 0 bridgehead atoms. The lowest BCUT2D eigenvalue weighted by molar-refractivity contribution is -0.122. The van der Waals surface area contributed by atoms with Gasteiger partial charge in [-0.15, -0.1) is 0 Å². The van der Waals surface area contributed by atoms with E-state index in [0.29, 0.717) is 5.88 Å². The number of rotatable bonds is 10. The zero-order valence-corrected chi connectivity index (χ0v) is 20.6. The lowest BCUT2D eigenvalue weighted by Gasteiger charge is -2.31. The number of amides is 1. The molecule has 1 N–H and O–H groups in total. The number of nitrogens with one attached hydrogen (secondary N) is 1. The number of pyridine rings is 2. The minimum Gasteiger partial charge on any atom is -0.481 e. The Bertz CT molecular complexity index is 1180. The molecule has 8 nitrogen and oxygen atoms in total. The van der Waals surface area contributed by atoms with Crippen molar-refractivity contribution in [1.29, 1.82) is 0 Å². The molecule has 0 fully saturated rings. The molecule has 1 amide bonds. The average molecular weight is 483 g/mol. The number of benzene rings is 1. The summed E-state index contributed by atoms with van der Waals surface area (Å²) in [5, 5.41) is 2.72. The van der Waals surface area contributed by atoms with Gasteiger partial charge in [0.05, 0.1) is 19.0 Å². The van der Waals surface area contributed by atoms with Gasteiger partial charge in [-0.2, -0.15) is 8.42 Å². The molecule has 1 unspecified atom stereocenters. The smallest absolute Gasteiger partial charge is 0.282 e. The predicted octanol–water partition coefficient (Wildman–Crippen LogP) is 3.90. The Morgan fingerprint density at radius 3 is 2.29 bits per heavy atom. The van der Waals surface area contributed by atoms with Gasteiger partial charge in [-0.1, -0.05) is 57.2 Å². The van der Waals surface area contributed by atoms with Crippen LogP contribution >= 0.6 is 0 Å². The van der Waals surface area contributed by atoms with Gasteiger partial charge >= 0.3 is 0 Å². The highest BCUT2D eigenvalue weighted by Gasteiger charge is 2.36. The van der Waals surface area contributed by atoms with Crippen LogP contribution in [0.4, 0.5) is 5.69 Å². The van der Waals surface area contributed by atoms with Gasteiger partial charge in [0.2, 0.25) is 11.8 Å². The number of nitrogens with zero attached hydrogens (tertiary/aromatic N) is 3. The van der Waals surface area contributed by atoms with Crippen molar-refractivity contribution in [3.05, 3.63) is 78.1 Å². The van der Waals surface area contributed by atoms with Crippen LogP contribution in [0.25, 0.3) is 0 Å². The zero-order chi connectivity index (χ0) is 24.7. The first-order valence-corrected chi connectivity index (χ1v) is 12.5.